The molecule has 0 saturated heterocycles. The number of rotatable bonds is 4. The van der Waals surface area contributed by atoms with Crippen molar-refractivity contribution in [1.29, 1.82) is 0 Å². The number of carbonyl (C=O) groups excluding carboxylic acids is 1. The summed E-state index contributed by atoms with van der Waals surface area (Å²) in [5, 5.41) is 2.75. The van der Waals surface area contributed by atoms with Gasteiger partial charge in [0.1, 0.15) is 18.2 Å². The van der Waals surface area contributed by atoms with Crippen LogP contribution in [0.4, 0.5) is 10.1 Å². The first-order valence-corrected chi connectivity index (χ1v) is 10.4. The van der Waals surface area contributed by atoms with E-state index in [0.717, 1.165) is 16.6 Å². The van der Waals surface area contributed by atoms with Gasteiger partial charge in [0.05, 0.1) is 16.1 Å². The van der Waals surface area contributed by atoms with Crippen molar-refractivity contribution in [2.24, 2.45) is 0 Å². The lowest BCUT2D eigenvalue weighted by atomic mass is 9.87. The molecular formula is C25H23ClFN3O. The number of carbonyl (C=O) groups is 1. The number of imidazole rings is 1. The monoisotopic (exact) mass is 435 g/mol. The lowest BCUT2D eigenvalue weighted by molar-refractivity contribution is -0.116. The summed E-state index contributed by atoms with van der Waals surface area (Å²) >= 11 is 5.83. The fourth-order valence-electron chi connectivity index (χ4n) is 3.49. The zero-order chi connectivity index (χ0) is 22.2. The minimum Gasteiger partial charge on any atom is -0.324 e. The predicted octanol–water partition coefficient (Wildman–Crippen LogP) is 6.43. The molecule has 1 aromatic heterocycles. The summed E-state index contributed by atoms with van der Waals surface area (Å²) in [6.07, 6.45) is 0. The van der Waals surface area contributed by atoms with Gasteiger partial charge in [-0.05, 0) is 41.3 Å². The maximum absolute atomic E-state index is 13.4. The van der Waals surface area contributed by atoms with Crippen molar-refractivity contribution in [1.82, 2.24) is 9.55 Å². The molecule has 0 aliphatic rings. The van der Waals surface area contributed by atoms with Gasteiger partial charge in [0, 0.05) is 11.3 Å². The molecule has 0 aliphatic carbocycles. The number of para-hydroxylation sites is 2. The molecular weight excluding hydrogens is 413 g/mol. The fraction of sp³-hybridized carbons (Fsp3) is 0.200. The third-order valence-electron chi connectivity index (χ3n) is 5.17. The number of hydrogen-bond donors (Lipinski definition) is 1. The third kappa shape index (κ3) is 4.47. The molecule has 0 atom stereocenters. The molecule has 1 amide bonds. The summed E-state index contributed by atoms with van der Waals surface area (Å²) in [6.45, 7) is 6.57. The summed E-state index contributed by atoms with van der Waals surface area (Å²) in [7, 11) is 0. The number of nitrogens with one attached hydrogen (secondary N) is 1. The Morgan fingerprint density at radius 2 is 1.77 bits per heavy atom. The largest absolute Gasteiger partial charge is 0.324 e. The Bertz CT molecular complexity index is 1260. The Balaban J connectivity index is 1.68. The van der Waals surface area contributed by atoms with Gasteiger partial charge < -0.3 is 9.88 Å². The van der Waals surface area contributed by atoms with E-state index in [1.807, 2.05) is 41.0 Å². The molecule has 4 aromatic rings. The molecule has 4 nitrogen and oxygen atoms in total. The SMILES string of the molecule is CC(C)(C)c1ccc(-c2nc3ccccc3n2CC(=O)Nc2ccc(F)c(Cl)c2)cc1. The zero-order valence-corrected chi connectivity index (χ0v) is 18.4. The normalized spacial score (nSPS) is 11.6. The van der Waals surface area contributed by atoms with Crippen LogP contribution in [0.5, 0.6) is 0 Å². The standard InChI is InChI=1S/C25H23ClFN3O/c1-25(2,3)17-10-8-16(9-11-17)24-29-21-6-4-5-7-22(21)30(24)15-23(31)28-18-12-13-20(27)19(26)14-18/h4-14H,15H2,1-3H3,(H,28,31). The summed E-state index contributed by atoms with van der Waals surface area (Å²) in [5.41, 5.74) is 4.33. The number of fused-ring (bicyclic) bond motifs is 1. The van der Waals surface area contributed by atoms with Crippen LogP contribution in [0.2, 0.25) is 5.02 Å². The number of nitrogens with zero attached hydrogens (tertiary/aromatic N) is 2. The van der Waals surface area contributed by atoms with Gasteiger partial charge in [-0.3, -0.25) is 4.79 Å². The molecule has 0 bridgehead atoms. The first-order valence-electron chi connectivity index (χ1n) is 10.0. The number of amides is 1. The van der Waals surface area contributed by atoms with Gasteiger partial charge in [0.15, 0.2) is 0 Å². The van der Waals surface area contributed by atoms with Crippen LogP contribution in [-0.4, -0.2) is 15.5 Å². The highest BCUT2D eigenvalue weighted by Crippen LogP contribution is 2.28. The molecule has 6 heteroatoms. The molecule has 0 fully saturated rings. The molecule has 0 unspecified atom stereocenters. The highest BCUT2D eigenvalue weighted by atomic mass is 35.5. The van der Waals surface area contributed by atoms with E-state index in [1.54, 1.807) is 0 Å². The molecule has 0 aliphatic heterocycles. The van der Waals surface area contributed by atoms with Crippen LogP contribution in [0.15, 0.2) is 66.7 Å². The topological polar surface area (TPSA) is 46.9 Å². The number of hydrogen-bond acceptors (Lipinski definition) is 2. The minimum atomic E-state index is -0.527. The van der Waals surface area contributed by atoms with E-state index < -0.39 is 5.82 Å². The first-order chi connectivity index (χ1) is 14.7. The van der Waals surface area contributed by atoms with Gasteiger partial charge in [0.25, 0.3) is 0 Å². The predicted molar refractivity (Wildman–Crippen MR) is 124 cm³/mol. The Morgan fingerprint density at radius 3 is 2.45 bits per heavy atom. The summed E-state index contributed by atoms with van der Waals surface area (Å²) < 4.78 is 15.3. The lowest BCUT2D eigenvalue weighted by Crippen LogP contribution is -2.19. The smallest absolute Gasteiger partial charge is 0.244 e. The van der Waals surface area contributed by atoms with Gasteiger partial charge in [-0.2, -0.15) is 0 Å². The minimum absolute atomic E-state index is 0.0366. The molecule has 0 spiro atoms. The maximum Gasteiger partial charge on any atom is 0.244 e. The Kier molecular flexibility index (Phi) is 5.54. The average Bonchev–Trinajstić information content (AvgIpc) is 3.08. The second kappa shape index (κ2) is 8.16. The van der Waals surface area contributed by atoms with E-state index in [1.165, 1.54) is 23.8 Å². The van der Waals surface area contributed by atoms with Crippen molar-refractivity contribution in [3.05, 3.63) is 83.1 Å². The maximum atomic E-state index is 13.4. The van der Waals surface area contributed by atoms with E-state index in [9.17, 15) is 9.18 Å². The van der Waals surface area contributed by atoms with Crippen molar-refractivity contribution >= 4 is 34.2 Å². The van der Waals surface area contributed by atoms with Crippen molar-refractivity contribution in [3.8, 4) is 11.4 Å². The number of anilines is 1. The van der Waals surface area contributed by atoms with E-state index in [-0.39, 0.29) is 22.9 Å². The highest BCUT2D eigenvalue weighted by molar-refractivity contribution is 6.31. The molecule has 4 rings (SSSR count). The number of aromatic nitrogens is 2. The summed E-state index contributed by atoms with van der Waals surface area (Å²) in [4.78, 5) is 17.6. The van der Waals surface area contributed by atoms with Crippen LogP contribution in [0.1, 0.15) is 26.3 Å². The average molecular weight is 436 g/mol. The summed E-state index contributed by atoms with van der Waals surface area (Å²) in [5.74, 6) is -0.0615. The molecule has 0 saturated carbocycles. The quantitative estimate of drug-likeness (QED) is 0.401. The van der Waals surface area contributed by atoms with Gasteiger partial charge in [-0.25, -0.2) is 9.37 Å². The number of benzene rings is 3. The second-order valence-electron chi connectivity index (χ2n) is 8.51. The van der Waals surface area contributed by atoms with E-state index >= 15 is 0 Å². The van der Waals surface area contributed by atoms with Gasteiger partial charge in [-0.1, -0.05) is 68.8 Å². The summed E-state index contributed by atoms with van der Waals surface area (Å²) in [6, 6.07) is 20.1. The first kappa shape index (κ1) is 21.1. The fourth-order valence-corrected chi connectivity index (χ4v) is 3.67. The Hall–Kier alpha value is -3.18. The molecule has 1 N–H and O–H groups in total. The van der Waals surface area contributed by atoms with Crippen LogP contribution in [0.25, 0.3) is 22.4 Å². The van der Waals surface area contributed by atoms with Crippen LogP contribution in [0.3, 0.4) is 0 Å². The van der Waals surface area contributed by atoms with Crippen molar-refractivity contribution < 1.29 is 9.18 Å². The van der Waals surface area contributed by atoms with Crippen molar-refractivity contribution in [3.63, 3.8) is 0 Å². The van der Waals surface area contributed by atoms with Gasteiger partial charge in [0.2, 0.25) is 5.91 Å². The van der Waals surface area contributed by atoms with Crippen LogP contribution >= 0.6 is 11.6 Å². The zero-order valence-electron chi connectivity index (χ0n) is 17.6. The van der Waals surface area contributed by atoms with Crippen LogP contribution in [-0.2, 0) is 16.8 Å². The van der Waals surface area contributed by atoms with E-state index in [4.69, 9.17) is 16.6 Å². The molecule has 3 aromatic carbocycles. The molecule has 158 valence electrons. The van der Waals surface area contributed by atoms with Gasteiger partial charge in [-0.15, -0.1) is 0 Å². The van der Waals surface area contributed by atoms with Gasteiger partial charge >= 0.3 is 0 Å². The number of halogens is 2. The Labute approximate surface area is 185 Å². The third-order valence-corrected chi connectivity index (χ3v) is 5.46. The van der Waals surface area contributed by atoms with Crippen LogP contribution in [0, 0.1) is 5.82 Å². The molecule has 1 heterocycles. The van der Waals surface area contributed by atoms with Crippen LogP contribution < -0.4 is 5.32 Å². The van der Waals surface area contributed by atoms with E-state index in [2.05, 4.69) is 38.2 Å². The molecule has 0 radical (unpaired) electrons. The van der Waals surface area contributed by atoms with E-state index in [0.29, 0.717) is 11.5 Å². The Morgan fingerprint density at radius 1 is 1.06 bits per heavy atom. The van der Waals surface area contributed by atoms with Crippen molar-refractivity contribution in [2.45, 2.75) is 32.7 Å². The highest BCUT2D eigenvalue weighted by Gasteiger charge is 2.17. The molecule has 31 heavy (non-hydrogen) atoms. The lowest BCUT2D eigenvalue weighted by Gasteiger charge is -2.19. The second-order valence-corrected chi connectivity index (χ2v) is 8.92. The van der Waals surface area contributed by atoms with Crippen molar-refractivity contribution in [2.75, 3.05) is 5.32 Å².